The van der Waals surface area contributed by atoms with Crippen LogP contribution in [-0.2, 0) is 33.3 Å². The van der Waals surface area contributed by atoms with Gasteiger partial charge in [0.25, 0.3) is 0 Å². The molecule has 3 heterocycles. The Balaban J connectivity index is 2.00. The number of likely N-dealkylation sites (tertiary alicyclic amines) is 1. The van der Waals surface area contributed by atoms with Gasteiger partial charge in [0.15, 0.2) is 25.1 Å². The molecule has 2 saturated heterocycles. The zero-order valence-electron chi connectivity index (χ0n) is 28.2. The highest BCUT2D eigenvalue weighted by Gasteiger charge is 2.57. The van der Waals surface area contributed by atoms with E-state index in [0.29, 0.717) is 13.0 Å². The molecular formula is C31H52N5O14+. The van der Waals surface area contributed by atoms with Crippen molar-refractivity contribution < 1.29 is 79.2 Å². The monoisotopic (exact) mass is 718 g/mol. The van der Waals surface area contributed by atoms with Crippen LogP contribution in [0, 0.1) is 23.7 Å². The van der Waals surface area contributed by atoms with Gasteiger partial charge in [0.2, 0.25) is 12.1 Å². The Hall–Kier alpha value is -3.21. The minimum atomic E-state index is -2.91. The minimum absolute atomic E-state index is 0.0302. The van der Waals surface area contributed by atoms with Crippen molar-refractivity contribution in [3.63, 3.8) is 0 Å². The van der Waals surface area contributed by atoms with E-state index in [1.807, 2.05) is 0 Å². The molecule has 50 heavy (non-hydrogen) atoms. The molecule has 0 aromatic carbocycles. The molecule has 3 aliphatic rings. The molecule has 11 atom stereocenters. The summed E-state index contributed by atoms with van der Waals surface area (Å²) in [5, 5.41) is 77.5. The molecule has 2 fully saturated rings. The van der Waals surface area contributed by atoms with Gasteiger partial charge in [0.1, 0.15) is 18.8 Å². The summed E-state index contributed by atoms with van der Waals surface area (Å²) in [6, 6.07) is -0.816. The molecule has 0 radical (unpaired) electrons. The van der Waals surface area contributed by atoms with E-state index in [1.54, 1.807) is 24.5 Å². The second-order valence-electron chi connectivity index (χ2n) is 12.3. The predicted molar refractivity (Wildman–Crippen MR) is 169 cm³/mol. The number of rotatable bonds is 17. The number of hydrogen-bond acceptors (Lipinski definition) is 15. The van der Waals surface area contributed by atoms with E-state index in [-0.39, 0.29) is 51.1 Å². The normalized spacial score (nSPS) is 34.4. The maximum Gasteiger partial charge on any atom is 0.337 e. The smallest absolute Gasteiger partial charge is 0.337 e. The number of nitrogens with zero attached hydrogens (tertiary/aromatic N) is 1. The molecule has 0 aliphatic carbocycles. The van der Waals surface area contributed by atoms with Crippen molar-refractivity contribution in [1.82, 2.24) is 5.32 Å². The van der Waals surface area contributed by atoms with Crippen molar-refractivity contribution in [1.29, 1.82) is 0 Å². The fraction of sp³-hybridized carbons (Fsp3) is 0.710. The summed E-state index contributed by atoms with van der Waals surface area (Å²) >= 11 is 0. The Morgan fingerprint density at radius 2 is 1.98 bits per heavy atom. The number of carboxylic acids is 1. The topological polar surface area (TPSA) is 296 Å². The zero-order chi connectivity index (χ0) is 37.0. The molecule has 0 aromatic rings. The van der Waals surface area contributed by atoms with Crippen molar-refractivity contribution in [3.05, 3.63) is 36.6 Å². The van der Waals surface area contributed by atoms with Crippen LogP contribution < -0.4 is 26.4 Å². The lowest BCUT2D eigenvalue weighted by Gasteiger charge is -2.47. The standard InChI is InChI=1S/C31H51N5O14/c1-4-18-19(7-6-17-12-36(9-11-38)13-20(26(41)42)23(17)35-30(32)34-8-5-10-37)21(27(43)46-3)15-47-28(18)50-29-25(48-16-33-2)31(44,45)24(40)22(14-39)49-29/h4,6-7,15,17-20,22-25,28-29,33,37-40,44-45H,1,5,8-14,16H2,2-3H3,(H,41,42)(H3,32,34,35)/p+1/t17?,18-,19+,20?,22-,23?,24-,25-,28-,29+/m1/s1. The first-order chi connectivity index (χ1) is 23.9. The van der Waals surface area contributed by atoms with Gasteiger partial charge < -0.3 is 85.5 Å². The Kier molecular flexibility index (Phi) is 16.0. The number of hydrogen-bond donors (Lipinski definition) is 10. The number of piperidine rings is 1. The van der Waals surface area contributed by atoms with Gasteiger partial charge in [-0.3, -0.25) is 4.99 Å². The molecule has 0 bridgehead atoms. The van der Waals surface area contributed by atoms with Crippen LogP contribution in [-0.4, -0.2) is 158 Å². The number of esters is 1. The number of quaternary nitrogens is 2. The lowest BCUT2D eigenvalue weighted by atomic mass is 9.79. The van der Waals surface area contributed by atoms with Crippen LogP contribution in [0.4, 0.5) is 0 Å². The van der Waals surface area contributed by atoms with Gasteiger partial charge in [-0.15, -0.1) is 6.58 Å². The number of carbonyl (C=O) groups is 2. The first-order valence-electron chi connectivity index (χ1n) is 16.4. The Bertz CT molecular complexity index is 1220. The summed E-state index contributed by atoms with van der Waals surface area (Å²) in [6.45, 7) is 3.66. The van der Waals surface area contributed by atoms with Gasteiger partial charge in [-0.2, -0.15) is 0 Å². The molecule has 3 rings (SSSR count). The van der Waals surface area contributed by atoms with E-state index in [0.717, 1.165) is 11.2 Å². The summed E-state index contributed by atoms with van der Waals surface area (Å²) in [6.07, 6.45) is -1.76. The molecule has 19 nitrogen and oxygen atoms in total. The van der Waals surface area contributed by atoms with Crippen molar-refractivity contribution in [2.75, 3.05) is 66.9 Å². The second-order valence-corrected chi connectivity index (χ2v) is 12.3. The third kappa shape index (κ3) is 9.98. The van der Waals surface area contributed by atoms with Gasteiger partial charge in [-0.1, -0.05) is 18.2 Å². The average molecular weight is 719 g/mol. The number of carboxylic acid groups (broad SMARTS) is 1. The number of aliphatic hydroxyl groups is 6. The van der Waals surface area contributed by atoms with Gasteiger partial charge in [0.05, 0.1) is 76.1 Å². The highest BCUT2D eigenvalue weighted by Crippen LogP contribution is 2.38. The van der Waals surface area contributed by atoms with Crippen LogP contribution in [0.1, 0.15) is 6.42 Å². The van der Waals surface area contributed by atoms with Crippen LogP contribution in [0.3, 0.4) is 0 Å². The minimum Gasteiger partial charge on any atom is -0.550 e. The number of aliphatic imine (C=N–C) groups is 1. The summed E-state index contributed by atoms with van der Waals surface area (Å²) in [5.74, 6) is -8.38. The molecule has 4 unspecified atom stereocenters. The Morgan fingerprint density at radius 1 is 1.24 bits per heavy atom. The van der Waals surface area contributed by atoms with Crippen molar-refractivity contribution in [2.24, 2.45) is 34.4 Å². The molecular weight excluding hydrogens is 666 g/mol. The van der Waals surface area contributed by atoms with Crippen LogP contribution in [0.5, 0.6) is 0 Å². The highest BCUT2D eigenvalue weighted by molar-refractivity contribution is 5.89. The molecule has 0 amide bonds. The van der Waals surface area contributed by atoms with Crippen molar-refractivity contribution in [3.8, 4) is 0 Å². The largest absolute Gasteiger partial charge is 0.550 e. The van der Waals surface area contributed by atoms with Gasteiger partial charge in [0, 0.05) is 25.0 Å². The summed E-state index contributed by atoms with van der Waals surface area (Å²) in [4.78, 5) is 30.2. The Morgan fingerprint density at radius 3 is 2.58 bits per heavy atom. The summed E-state index contributed by atoms with van der Waals surface area (Å²) < 4.78 is 28.0. The molecule has 0 aromatic heterocycles. The number of allylic oxidation sites excluding steroid dienone is 1. The van der Waals surface area contributed by atoms with Gasteiger partial charge >= 0.3 is 5.97 Å². The number of nitrogens with two attached hydrogens (primary N) is 2. The highest BCUT2D eigenvalue weighted by atomic mass is 16.8. The lowest BCUT2D eigenvalue weighted by Crippen LogP contribution is -3.16. The number of ether oxygens (including phenoxy) is 5. The van der Waals surface area contributed by atoms with E-state index >= 15 is 0 Å². The van der Waals surface area contributed by atoms with Gasteiger partial charge in [-0.05, 0) is 6.42 Å². The number of guanidine groups is 1. The number of aliphatic hydroxyl groups excluding tert-OH is 4. The molecule has 0 saturated carbocycles. The SMILES string of the molecule is C=C[C@H]1[C@@H](O[C@@H]2O[C@H](CO)[C@@H](O)C(O)(O)[C@@H]2OC[NH2+]C)OC=C(C(=O)OC)[C@H]1C=CC1C[NH+](CCO)CC(C(=O)[O-])C1NC(N)=NCCCO. The molecule has 12 N–H and O–H groups in total. The second kappa shape index (κ2) is 19.4. The first kappa shape index (κ1) is 41.2. The van der Waals surface area contributed by atoms with E-state index in [4.69, 9.17) is 34.5 Å². The molecule has 0 spiro atoms. The van der Waals surface area contributed by atoms with Crippen molar-refractivity contribution in [2.45, 2.75) is 49.1 Å². The third-order valence-electron chi connectivity index (χ3n) is 8.94. The van der Waals surface area contributed by atoms with Crippen LogP contribution in [0.15, 0.2) is 41.6 Å². The van der Waals surface area contributed by atoms with Crippen LogP contribution in [0.25, 0.3) is 0 Å². The first-order valence-corrected chi connectivity index (χ1v) is 16.4. The summed E-state index contributed by atoms with van der Waals surface area (Å²) in [5.41, 5.74) is 6.14. The van der Waals surface area contributed by atoms with E-state index in [9.17, 15) is 40.2 Å². The fourth-order valence-electron chi connectivity index (χ4n) is 6.36. The number of carbonyl (C=O) groups excluding carboxylic acids is 2. The Labute approximate surface area is 289 Å². The van der Waals surface area contributed by atoms with Crippen LogP contribution >= 0.6 is 0 Å². The molecule has 3 aliphatic heterocycles. The fourth-order valence-corrected chi connectivity index (χ4v) is 6.36. The number of aliphatic carboxylic acids is 1. The van der Waals surface area contributed by atoms with E-state index < -0.39 is 84.9 Å². The molecule has 284 valence electrons. The maximum atomic E-state index is 12.9. The zero-order valence-corrected chi connectivity index (χ0v) is 28.2. The van der Waals surface area contributed by atoms with Crippen molar-refractivity contribution >= 4 is 17.9 Å². The average Bonchev–Trinajstić information content (AvgIpc) is 3.09. The number of nitrogens with one attached hydrogen (secondary N) is 2. The third-order valence-corrected chi connectivity index (χ3v) is 8.94. The molecule has 19 heteroatoms. The van der Waals surface area contributed by atoms with Gasteiger partial charge in [-0.25, -0.2) is 4.79 Å². The number of methoxy groups -OCH3 is 1. The lowest BCUT2D eigenvalue weighted by molar-refractivity contribution is -0.911. The maximum absolute atomic E-state index is 12.9. The predicted octanol–water partition coefficient (Wildman–Crippen LogP) is -7.79. The quantitative estimate of drug-likeness (QED) is 0.0167. The van der Waals surface area contributed by atoms with Crippen LogP contribution in [0.2, 0.25) is 0 Å². The van der Waals surface area contributed by atoms with E-state index in [2.05, 4.69) is 16.9 Å². The summed E-state index contributed by atoms with van der Waals surface area (Å²) in [7, 11) is 2.84. The van der Waals surface area contributed by atoms with E-state index in [1.165, 1.54) is 13.2 Å².